The van der Waals surface area contributed by atoms with Gasteiger partial charge in [-0.15, -0.1) is 0 Å². The molecule has 0 aliphatic carbocycles. The van der Waals surface area contributed by atoms with Gasteiger partial charge in [0.05, 0.1) is 12.6 Å². The van der Waals surface area contributed by atoms with Crippen LogP contribution >= 0.6 is 0 Å². The number of hydrogen-bond acceptors (Lipinski definition) is 3. The number of nitrogens with one attached hydrogen (secondary N) is 1. The van der Waals surface area contributed by atoms with Crippen LogP contribution in [0, 0.1) is 5.82 Å². The van der Waals surface area contributed by atoms with Crippen molar-refractivity contribution in [1.29, 1.82) is 0 Å². The van der Waals surface area contributed by atoms with E-state index in [0.717, 1.165) is 25.7 Å². The minimum atomic E-state index is -0.369. The van der Waals surface area contributed by atoms with E-state index in [0.29, 0.717) is 17.8 Å². The number of nitrogens with zero attached hydrogens (tertiary/aromatic N) is 2. The summed E-state index contributed by atoms with van der Waals surface area (Å²) in [4.78, 5) is 17.9. The molecule has 2 unspecified atom stereocenters. The van der Waals surface area contributed by atoms with Crippen LogP contribution in [0.1, 0.15) is 12.1 Å². The van der Waals surface area contributed by atoms with Crippen LogP contribution in [-0.4, -0.2) is 41.0 Å². The van der Waals surface area contributed by atoms with Gasteiger partial charge in [0, 0.05) is 30.9 Å². The van der Waals surface area contributed by atoms with E-state index in [-0.39, 0.29) is 18.1 Å². The lowest BCUT2D eigenvalue weighted by Crippen LogP contribution is -2.69. The average molecular weight is 235 g/mol. The first-order valence-electron chi connectivity index (χ1n) is 5.86. The van der Waals surface area contributed by atoms with E-state index in [1.54, 1.807) is 6.07 Å². The number of pyridine rings is 1. The Morgan fingerprint density at radius 2 is 2.24 bits per heavy atom. The fraction of sp³-hybridized carbons (Fsp3) is 0.500. The highest BCUT2D eigenvalue weighted by atomic mass is 19.1. The van der Waals surface area contributed by atoms with Gasteiger partial charge >= 0.3 is 0 Å². The molecule has 1 aromatic heterocycles. The minimum Gasteiger partial charge on any atom is -0.334 e. The topological polar surface area (TPSA) is 45.2 Å². The maximum atomic E-state index is 12.7. The van der Waals surface area contributed by atoms with Crippen LogP contribution in [0.2, 0.25) is 0 Å². The highest BCUT2D eigenvalue weighted by Gasteiger charge is 2.43. The molecular formula is C12H14FN3O. The lowest BCUT2D eigenvalue weighted by molar-refractivity contribution is -0.146. The molecule has 2 aliphatic rings. The maximum Gasteiger partial charge on any atom is 0.229 e. The Balaban J connectivity index is 1.65. The number of amides is 1. The summed E-state index contributed by atoms with van der Waals surface area (Å²) in [6.07, 6.45) is 2.53. The molecule has 1 amide bonds. The molecule has 2 aliphatic heterocycles. The summed E-state index contributed by atoms with van der Waals surface area (Å²) < 4.78 is 12.7. The number of piperidine rings is 1. The van der Waals surface area contributed by atoms with Crippen molar-refractivity contribution < 1.29 is 9.18 Å². The Kier molecular flexibility index (Phi) is 2.55. The van der Waals surface area contributed by atoms with Gasteiger partial charge in [0.15, 0.2) is 0 Å². The lowest BCUT2D eigenvalue weighted by atomic mass is 9.88. The van der Waals surface area contributed by atoms with Crippen LogP contribution in [0.4, 0.5) is 4.39 Å². The van der Waals surface area contributed by atoms with Crippen molar-refractivity contribution in [3.63, 3.8) is 0 Å². The molecule has 1 aromatic rings. The van der Waals surface area contributed by atoms with E-state index in [9.17, 15) is 9.18 Å². The number of piperazine rings is 1. The van der Waals surface area contributed by atoms with Crippen molar-refractivity contribution in [3.8, 4) is 0 Å². The van der Waals surface area contributed by atoms with Gasteiger partial charge in [-0.25, -0.2) is 4.39 Å². The van der Waals surface area contributed by atoms with Crippen molar-refractivity contribution in [2.24, 2.45) is 0 Å². The standard InChI is InChI=1S/C12H14FN3O/c13-8-1-2-9(15-5-8)3-12(17)16-10-4-11(16)7-14-6-10/h1-2,5,10-11,14H,3-4,6-7H2. The van der Waals surface area contributed by atoms with Gasteiger partial charge < -0.3 is 10.2 Å². The highest BCUT2D eigenvalue weighted by molar-refractivity contribution is 5.80. The van der Waals surface area contributed by atoms with E-state index in [1.807, 2.05) is 4.90 Å². The van der Waals surface area contributed by atoms with Crippen LogP contribution in [0.25, 0.3) is 0 Å². The quantitative estimate of drug-likeness (QED) is 0.803. The summed E-state index contributed by atoms with van der Waals surface area (Å²) in [5.41, 5.74) is 0.634. The third-order valence-corrected chi connectivity index (χ3v) is 3.50. The minimum absolute atomic E-state index is 0.104. The van der Waals surface area contributed by atoms with E-state index < -0.39 is 0 Å². The normalized spacial score (nSPS) is 26.5. The predicted molar refractivity (Wildman–Crippen MR) is 59.8 cm³/mol. The van der Waals surface area contributed by atoms with Gasteiger partial charge in [-0.3, -0.25) is 9.78 Å². The molecule has 17 heavy (non-hydrogen) atoms. The molecule has 3 rings (SSSR count). The van der Waals surface area contributed by atoms with Gasteiger partial charge in [-0.05, 0) is 18.6 Å². The first-order valence-corrected chi connectivity index (χ1v) is 5.86. The fourth-order valence-corrected chi connectivity index (χ4v) is 2.65. The highest BCUT2D eigenvalue weighted by Crippen LogP contribution is 2.28. The molecule has 1 N–H and O–H groups in total. The number of aromatic nitrogens is 1. The van der Waals surface area contributed by atoms with Crippen LogP contribution in [0.5, 0.6) is 0 Å². The van der Waals surface area contributed by atoms with Gasteiger partial charge in [-0.1, -0.05) is 0 Å². The van der Waals surface area contributed by atoms with Crippen LogP contribution < -0.4 is 5.32 Å². The van der Waals surface area contributed by atoms with Gasteiger partial charge in [0.25, 0.3) is 0 Å². The largest absolute Gasteiger partial charge is 0.334 e. The van der Waals surface area contributed by atoms with Gasteiger partial charge in [-0.2, -0.15) is 0 Å². The van der Waals surface area contributed by atoms with E-state index >= 15 is 0 Å². The molecule has 0 spiro atoms. The molecular weight excluding hydrogens is 221 g/mol. The second kappa shape index (κ2) is 4.07. The zero-order chi connectivity index (χ0) is 11.8. The summed E-state index contributed by atoms with van der Waals surface area (Å²) in [6, 6.07) is 3.61. The fourth-order valence-electron chi connectivity index (χ4n) is 2.65. The van der Waals surface area contributed by atoms with Crippen molar-refractivity contribution in [1.82, 2.24) is 15.2 Å². The van der Waals surface area contributed by atoms with Crippen molar-refractivity contribution in [2.75, 3.05) is 13.1 Å². The van der Waals surface area contributed by atoms with Crippen molar-refractivity contribution in [2.45, 2.75) is 24.9 Å². The average Bonchev–Trinajstić information content (AvgIpc) is 2.33. The monoisotopic (exact) mass is 235 g/mol. The summed E-state index contributed by atoms with van der Waals surface area (Å²) in [7, 11) is 0. The molecule has 2 fully saturated rings. The number of halogens is 1. The number of fused-ring (bicyclic) bond motifs is 2. The van der Waals surface area contributed by atoms with Crippen LogP contribution in [-0.2, 0) is 11.2 Å². The SMILES string of the molecule is O=C(Cc1ccc(F)cn1)N1C2CNCC1C2. The summed E-state index contributed by atoms with van der Waals surface area (Å²) in [5, 5.41) is 3.28. The van der Waals surface area contributed by atoms with E-state index in [4.69, 9.17) is 0 Å². The lowest BCUT2D eigenvalue weighted by Gasteiger charge is -2.53. The molecule has 0 aromatic carbocycles. The van der Waals surface area contributed by atoms with E-state index in [1.165, 1.54) is 6.07 Å². The molecule has 5 heteroatoms. The van der Waals surface area contributed by atoms with Crippen LogP contribution in [0.15, 0.2) is 18.3 Å². The zero-order valence-electron chi connectivity index (χ0n) is 9.40. The van der Waals surface area contributed by atoms with Gasteiger partial charge in [0.1, 0.15) is 5.82 Å². The second-order valence-corrected chi connectivity index (χ2v) is 4.65. The summed E-state index contributed by atoms with van der Waals surface area (Å²) in [5.74, 6) is -0.266. The molecule has 90 valence electrons. The smallest absolute Gasteiger partial charge is 0.229 e. The number of carbonyl (C=O) groups excluding carboxylic acids is 1. The Morgan fingerprint density at radius 3 is 2.82 bits per heavy atom. The first kappa shape index (κ1) is 10.7. The number of carbonyl (C=O) groups is 1. The first-order chi connectivity index (χ1) is 8.24. The van der Waals surface area contributed by atoms with Gasteiger partial charge in [0.2, 0.25) is 5.91 Å². The van der Waals surface area contributed by atoms with Crippen molar-refractivity contribution in [3.05, 3.63) is 29.8 Å². The van der Waals surface area contributed by atoms with Crippen molar-refractivity contribution >= 4 is 5.91 Å². The molecule has 0 saturated carbocycles. The third kappa shape index (κ3) is 1.91. The predicted octanol–water partition coefficient (Wildman–Crippen LogP) is 0.336. The van der Waals surface area contributed by atoms with E-state index in [2.05, 4.69) is 10.3 Å². The molecule has 0 radical (unpaired) electrons. The second-order valence-electron chi connectivity index (χ2n) is 4.65. The van der Waals surface area contributed by atoms with Crippen LogP contribution in [0.3, 0.4) is 0 Å². The summed E-state index contributed by atoms with van der Waals surface area (Å²) >= 11 is 0. The summed E-state index contributed by atoms with van der Waals surface area (Å²) in [6.45, 7) is 1.78. The molecule has 2 saturated heterocycles. The Labute approximate surface area is 98.8 Å². The maximum absolute atomic E-state index is 12.7. The third-order valence-electron chi connectivity index (χ3n) is 3.50. The molecule has 2 bridgehead atoms. The molecule has 3 heterocycles. The number of rotatable bonds is 2. The zero-order valence-corrected chi connectivity index (χ0v) is 9.40. The Morgan fingerprint density at radius 1 is 1.47 bits per heavy atom. The molecule has 4 nitrogen and oxygen atoms in total. The Hall–Kier alpha value is -1.49. The number of hydrogen-bond donors (Lipinski definition) is 1. The Bertz CT molecular complexity index is 420. The molecule has 2 atom stereocenters.